The third-order valence-electron chi connectivity index (χ3n) is 5.95. The fourth-order valence-corrected chi connectivity index (χ4v) is 4.02. The Morgan fingerprint density at radius 3 is 2.58 bits per heavy atom. The van der Waals surface area contributed by atoms with Gasteiger partial charge < -0.3 is 15.3 Å². The lowest BCUT2D eigenvalue weighted by Crippen LogP contribution is -2.27. The van der Waals surface area contributed by atoms with Gasteiger partial charge in [-0.2, -0.15) is 0 Å². The summed E-state index contributed by atoms with van der Waals surface area (Å²) < 4.78 is 5.86. The van der Waals surface area contributed by atoms with Crippen molar-refractivity contribution < 1.29 is 19.1 Å². The SMILES string of the molecule is CC(C)(Cc1ncc(C2=CC=CC(=C3C=CC(c4ccccc4)=CC3)C2C(N)=O)o1)C(=O)O. The van der Waals surface area contributed by atoms with Crippen molar-refractivity contribution in [3.8, 4) is 0 Å². The average molecular weight is 443 g/mol. The number of carbonyl (C=O) groups is 2. The monoisotopic (exact) mass is 442 g/mol. The highest BCUT2D eigenvalue weighted by Gasteiger charge is 2.33. The van der Waals surface area contributed by atoms with E-state index in [0.717, 1.165) is 22.3 Å². The van der Waals surface area contributed by atoms with E-state index >= 15 is 0 Å². The van der Waals surface area contributed by atoms with Crippen LogP contribution in [0, 0.1) is 11.3 Å². The number of hydrogen-bond donors (Lipinski definition) is 2. The largest absolute Gasteiger partial charge is 0.481 e. The number of carboxylic acid groups (broad SMARTS) is 1. The zero-order valence-corrected chi connectivity index (χ0v) is 18.6. The van der Waals surface area contributed by atoms with Crippen molar-refractivity contribution in [2.75, 3.05) is 0 Å². The number of nitrogens with two attached hydrogens (primary N) is 1. The van der Waals surface area contributed by atoms with Crippen LogP contribution in [0.4, 0.5) is 0 Å². The number of carbonyl (C=O) groups excluding carboxylic acids is 1. The Kier molecular flexibility index (Phi) is 6.01. The van der Waals surface area contributed by atoms with E-state index in [2.05, 4.69) is 23.2 Å². The van der Waals surface area contributed by atoms with Crippen molar-refractivity contribution in [3.05, 3.63) is 101 Å². The molecule has 1 atom stereocenters. The van der Waals surface area contributed by atoms with Gasteiger partial charge in [0, 0.05) is 12.0 Å². The number of aromatic nitrogens is 1. The number of rotatable bonds is 6. The summed E-state index contributed by atoms with van der Waals surface area (Å²) in [4.78, 5) is 28.2. The second kappa shape index (κ2) is 8.90. The Morgan fingerprint density at radius 1 is 1.18 bits per heavy atom. The van der Waals surface area contributed by atoms with Crippen LogP contribution in [-0.2, 0) is 16.0 Å². The highest BCUT2D eigenvalue weighted by Crippen LogP contribution is 2.38. The van der Waals surface area contributed by atoms with Gasteiger partial charge in [-0.3, -0.25) is 9.59 Å². The Balaban J connectivity index is 1.62. The Morgan fingerprint density at radius 2 is 1.94 bits per heavy atom. The number of allylic oxidation sites excluding steroid dienone is 8. The fraction of sp³-hybridized carbons (Fsp3) is 0.222. The number of amides is 1. The fourth-order valence-electron chi connectivity index (χ4n) is 4.02. The maximum Gasteiger partial charge on any atom is 0.309 e. The van der Waals surface area contributed by atoms with Crippen LogP contribution >= 0.6 is 0 Å². The van der Waals surface area contributed by atoms with E-state index < -0.39 is 23.2 Å². The average Bonchev–Trinajstić information content (AvgIpc) is 3.26. The maximum atomic E-state index is 12.5. The molecule has 1 unspecified atom stereocenters. The molecule has 0 fully saturated rings. The summed E-state index contributed by atoms with van der Waals surface area (Å²) in [5.41, 5.74) is 9.53. The van der Waals surface area contributed by atoms with E-state index in [1.54, 1.807) is 19.9 Å². The smallest absolute Gasteiger partial charge is 0.309 e. The molecule has 0 spiro atoms. The zero-order chi connectivity index (χ0) is 23.6. The summed E-state index contributed by atoms with van der Waals surface area (Å²) in [5, 5.41) is 9.37. The number of aliphatic carboxylic acids is 1. The first-order chi connectivity index (χ1) is 15.8. The van der Waals surface area contributed by atoms with Gasteiger partial charge in [-0.25, -0.2) is 4.98 Å². The van der Waals surface area contributed by atoms with Crippen molar-refractivity contribution in [1.29, 1.82) is 0 Å². The standard InChI is InChI=1S/C27H26N2O4/c1-27(2,26(31)32)15-23-29-16-22(33-23)21-10-6-9-20(24(21)25(28)30)19-13-11-18(12-14-19)17-7-4-3-5-8-17/h3-13,16,24H,14-15H2,1-2H3,(H2,28,30)(H,31,32). The van der Waals surface area contributed by atoms with E-state index in [1.807, 2.05) is 42.5 Å². The predicted octanol–water partition coefficient (Wildman–Crippen LogP) is 4.72. The summed E-state index contributed by atoms with van der Waals surface area (Å²) >= 11 is 0. The van der Waals surface area contributed by atoms with Crippen molar-refractivity contribution in [1.82, 2.24) is 4.98 Å². The summed E-state index contributed by atoms with van der Waals surface area (Å²) in [7, 11) is 0. The molecule has 0 aliphatic heterocycles. The predicted molar refractivity (Wildman–Crippen MR) is 127 cm³/mol. The molecule has 33 heavy (non-hydrogen) atoms. The van der Waals surface area contributed by atoms with E-state index in [1.165, 1.54) is 6.20 Å². The van der Waals surface area contributed by atoms with Crippen LogP contribution in [0.25, 0.3) is 11.1 Å². The van der Waals surface area contributed by atoms with Crippen LogP contribution in [0.2, 0.25) is 0 Å². The molecule has 6 nitrogen and oxygen atoms in total. The minimum atomic E-state index is -1.02. The van der Waals surface area contributed by atoms with Crippen LogP contribution < -0.4 is 5.73 Å². The molecule has 3 N–H and O–H groups in total. The van der Waals surface area contributed by atoms with Crippen molar-refractivity contribution in [2.45, 2.75) is 26.7 Å². The number of nitrogens with zero attached hydrogens (tertiary/aromatic N) is 1. The molecule has 0 radical (unpaired) electrons. The van der Waals surface area contributed by atoms with E-state index in [4.69, 9.17) is 10.2 Å². The van der Waals surface area contributed by atoms with Crippen molar-refractivity contribution in [2.24, 2.45) is 17.1 Å². The van der Waals surface area contributed by atoms with E-state index in [0.29, 0.717) is 23.6 Å². The molecule has 0 saturated carbocycles. The molecule has 4 rings (SSSR count). The van der Waals surface area contributed by atoms with Gasteiger partial charge in [0.05, 0.1) is 17.5 Å². The molecule has 6 heteroatoms. The van der Waals surface area contributed by atoms with E-state index in [9.17, 15) is 14.7 Å². The maximum absolute atomic E-state index is 12.5. The van der Waals surface area contributed by atoms with Crippen LogP contribution in [0.5, 0.6) is 0 Å². The normalized spacial score (nSPS) is 20.4. The molecule has 2 aromatic rings. The molecule has 2 aliphatic rings. The summed E-state index contributed by atoms with van der Waals surface area (Å²) in [6.45, 7) is 3.23. The molecule has 1 amide bonds. The van der Waals surface area contributed by atoms with Gasteiger partial charge in [0.15, 0.2) is 11.7 Å². The first-order valence-electron chi connectivity index (χ1n) is 10.8. The molecule has 0 bridgehead atoms. The molecular weight excluding hydrogens is 416 g/mol. The summed E-state index contributed by atoms with van der Waals surface area (Å²) in [5.74, 6) is -1.38. The zero-order valence-electron chi connectivity index (χ0n) is 18.6. The molecule has 1 aromatic heterocycles. The highest BCUT2D eigenvalue weighted by molar-refractivity contribution is 5.95. The van der Waals surface area contributed by atoms with Gasteiger partial charge in [0.25, 0.3) is 0 Å². The van der Waals surface area contributed by atoms with Gasteiger partial charge in [-0.05, 0) is 42.6 Å². The first-order valence-corrected chi connectivity index (χ1v) is 10.8. The molecule has 0 saturated heterocycles. The van der Waals surface area contributed by atoms with E-state index in [-0.39, 0.29) is 6.42 Å². The molecule has 168 valence electrons. The minimum Gasteiger partial charge on any atom is -0.481 e. The van der Waals surface area contributed by atoms with Crippen LogP contribution in [0.1, 0.15) is 37.5 Å². The third-order valence-corrected chi connectivity index (χ3v) is 5.95. The minimum absolute atomic E-state index is 0.135. The summed E-state index contributed by atoms with van der Waals surface area (Å²) in [6.07, 6.45) is 14.1. The van der Waals surface area contributed by atoms with Crippen LogP contribution in [0.3, 0.4) is 0 Å². The molecule has 2 aliphatic carbocycles. The Hall–Kier alpha value is -3.93. The van der Waals surface area contributed by atoms with Gasteiger partial charge in [0.2, 0.25) is 5.91 Å². The Labute approximate surface area is 192 Å². The van der Waals surface area contributed by atoms with Gasteiger partial charge >= 0.3 is 5.97 Å². The van der Waals surface area contributed by atoms with Crippen LogP contribution in [0.15, 0.2) is 88.5 Å². The van der Waals surface area contributed by atoms with Crippen molar-refractivity contribution >= 4 is 23.0 Å². The number of benzene rings is 1. The van der Waals surface area contributed by atoms with Gasteiger partial charge in [0.1, 0.15) is 0 Å². The second-order valence-electron chi connectivity index (χ2n) is 8.84. The Bertz CT molecular complexity index is 1240. The quantitative estimate of drug-likeness (QED) is 0.673. The first kappa shape index (κ1) is 22.3. The lowest BCUT2D eigenvalue weighted by molar-refractivity contribution is -0.147. The second-order valence-corrected chi connectivity index (χ2v) is 8.84. The number of primary amides is 1. The number of oxazole rings is 1. The molecule has 1 aromatic carbocycles. The van der Waals surface area contributed by atoms with Crippen molar-refractivity contribution in [3.63, 3.8) is 0 Å². The van der Waals surface area contributed by atoms with Gasteiger partial charge in [-0.15, -0.1) is 0 Å². The third kappa shape index (κ3) is 4.65. The lowest BCUT2D eigenvalue weighted by Gasteiger charge is -2.23. The number of carboxylic acids is 1. The topological polar surface area (TPSA) is 106 Å². The van der Waals surface area contributed by atoms with Gasteiger partial charge in [-0.1, -0.05) is 66.8 Å². The number of hydrogen-bond acceptors (Lipinski definition) is 4. The lowest BCUT2D eigenvalue weighted by atomic mass is 9.80. The highest BCUT2D eigenvalue weighted by atomic mass is 16.4. The summed E-state index contributed by atoms with van der Waals surface area (Å²) in [6, 6.07) is 10.1. The molecule has 1 heterocycles. The molecular formula is C27H26N2O4. The van der Waals surface area contributed by atoms with Crippen LogP contribution in [-0.4, -0.2) is 22.0 Å².